The van der Waals surface area contributed by atoms with Crippen molar-refractivity contribution in [3.05, 3.63) is 48.0 Å². The minimum atomic E-state index is -0.301. The van der Waals surface area contributed by atoms with E-state index in [0.717, 1.165) is 22.0 Å². The van der Waals surface area contributed by atoms with Gasteiger partial charge in [-0.3, -0.25) is 5.32 Å². The molecule has 3 rings (SSSR count). The number of urea groups is 1. The first-order chi connectivity index (χ1) is 11.2. The Labute approximate surface area is 137 Å². The average molecular weight is 328 g/mol. The van der Waals surface area contributed by atoms with E-state index in [0.29, 0.717) is 17.4 Å². The maximum Gasteiger partial charge on any atom is 0.320 e. The van der Waals surface area contributed by atoms with E-state index in [2.05, 4.69) is 25.6 Å². The number of hydrogen-bond acceptors (Lipinski definition) is 4. The van der Waals surface area contributed by atoms with Gasteiger partial charge in [0.2, 0.25) is 0 Å². The minimum absolute atomic E-state index is 0.301. The van der Waals surface area contributed by atoms with Gasteiger partial charge in [-0.2, -0.15) is 0 Å². The SMILES string of the molecule is CCNC(=O)Nc1cc2c(-c3ccncn3)ccc(Cl)c2cn1. The summed E-state index contributed by atoms with van der Waals surface area (Å²) >= 11 is 6.25. The smallest absolute Gasteiger partial charge is 0.320 e. The van der Waals surface area contributed by atoms with Crippen LogP contribution in [0.2, 0.25) is 5.02 Å². The highest BCUT2D eigenvalue weighted by molar-refractivity contribution is 6.36. The molecule has 0 spiro atoms. The molecule has 3 aromatic rings. The zero-order chi connectivity index (χ0) is 16.2. The van der Waals surface area contributed by atoms with Gasteiger partial charge in [0.1, 0.15) is 12.1 Å². The molecule has 7 heteroatoms. The number of rotatable bonds is 3. The standard InChI is InChI=1S/C16H14ClN5O/c1-2-19-16(23)22-15-7-11-10(14-5-6-18-9-21-14)3-4-13(17)12(11)8-20-15/h3-9H,2H2,1H3,(H2,19,20,22,23). The van der Waals surface area contributed by atoms with E-state index in [1.165, 1.54) is 6.33 Å². The van der Waals surface area contributed by atoms with Gasteiger partial charge in [0.25, 0.3) is 0 Å². The molecule has 0 aliphatic heterocycles. The van der Waals surface area contributed by atoms with Crippen molar-refractivity contribution in [3.63, 3.8) is 0 Å². The molecule has 116 valence electrons. The van der Waals surface area contributed by atoms with Gasteiger partial charge >= 0.3 is 6.03 Å². The van der Waals surface area contributed by atoms with Crippen LogP contribution in [0.4, 0.5) is 10.6 Å². The molecular formula is C16H14ClN5O. The Hall–Kier alpha value is -2.73. The molecule has 23 heavy (non-hydrogen) atoms. The van der Waals surface area contributed by atoms with E-state index < -0.39 is 0 Å². The van der Waals surface area contributed by atoms with Crippen LogP contribution in [-0.4, -0.2) is 27.5 Å². The predicted octanol–water partition coefficient (Wildman–Crippen LogP) is 3.49. The van der Waals surface area contributed by atoms with Crippen molar-refractivity contribution in [2.75, 3.05) is 11.9 Å². The molecule has 2 amide bonds. The Morgan fingerprint density at radius 3 is 2.83 bits per heavy atom. The van der Waals surface area contributed by atoms with E-state index in [9.17, 15) is 4.79 Å². The minimum Gasteiger partial charge on any atom is -0.338 e. The van der Waals surface area contributed by atoms with Crippen molar-refractivity contribution in [1.82, 2.24) is 20.3 Å². The summed E-state index contributed by atoms with van der Waals surface area (Å²) in [6.07, 6.45) is 4.81. The van der Waals surface area contributed by atoms with Crippen LogP contribution in [0.15, 0.2) is 43.0 Å². The zero-order valence-electron chi connectivity index (χ0n) is 12.4. The van der Waals surface area contributed by atoms with Gasteiger partial charge in [-0.25, -0.2) is 19.7 Å². The maximum atomic E-state index is 11.7. The van der Waals surface area contributed by atoms with Crippen molar-refractivity contribution in [2.24, 2.45) is 0 Å². The summed E-state index contributed by atoms with van der Waals surface area (Å²) in [5, 5.41) is 7.61. The topological polar surface area (TPSA) is 79.8 Å². The molecule has 2 aromatic heterocycles. The van der Waals surface area contributed by atoms with Gasteiger partial charge in [0, 0.05) is 34.9 Å². The molecule has 6 nitrogen and oxygen atoms in total. The van der Waals surface area contributed by atoms with Gasteiger partial charge in [0.05, 0.1) is 5.69 Å². The number of anilines is 1. The molecule has 0 saturated carbocycles. The lowest BCUT2D eigenvalue weighted by Crippen LogP contribution is -2.28. The van der Waals surface area contributed by atoms with Crippen molar-refractivity contribution in [1.29, 1.82) is 0 Å². The quantitative estimate of drug-likeness (QED) is 0.771. The van der Waals surface area contributed by atoms with Crippen LogP contribution < -0.4 is 10.6 Å². The molecule has 2 heterocycles. The summed E-state index contributed by atoms with van der Waals surface area (Å²) in [4.78, 5) is 24.1. The maximum absolute atomic E-state index is 11.7. The summed E-state index contributed by atoms with van der Waals surface area (Å²) in [5.41, 5.74) is 1.67. The van der Waals surface area contributed by atoms with E-state index in [1.54, 1.807) is 24.5 Å². The van der Waals surface area contributed by atoms with Crippen LogP contribution in [0.5, 0.6) is 0 Å². The molecule has 0 fully saturated rings. The summed E-state index contributed by atoms with van der Waals surface area (Å²) in [6, 6.07) is 7.00. The van der Waals surface area contributed by atoms with Gasteiger partial charge < -0.3 is 5.32 Å². The first-order valence-electron chi connectivity index (χ1n) is 7.08. The Bertz CT molecular complexity index is 854. The number of amides is 2. The van der Waals surface area contributed by atoms with Crippen LogP contribution in [0.25, 0.3) is 22.0 Å². The molecule has 0 bridgehead atoms. The highest BCUT2D eigenvalue weighted by atomic mass is 35.5. The molecule has 0 unspecified atom stereocenters. The molecular weight excluding hydrogens is 314 g/mol. The molecule has 0 radical (unpaired) electrons. The second kappa shape index (κ2) is 6.58. The number of hydrogen-bond donors (Lipinski definition) is 2. The molecule has 2 N–H and O–H groups in total. The van der Waals surface area contributed by atoms with Crippen molar-refractivity contribution in [2.45, 2.75) is 6.92 Å². The number of nitrogens with zero attached hydrogens (tertiary/aromatic N) is 3. The van der Waals surface area contributed by atoms with Crippen LogP contribution in [-0.2, 0) is 0 Å². The number of halogens is 1. The third-order valence-electron chi connectivity index (χ3n) is 3.28. The zero-order valence-corrected chi connectivity index (χ0v) is 13.1. The molecule has 0 atom stereocenters. The normalized spacial score (nSPS) is 10.5. The third kappa shape index (κ3) is 3.22. The van der Waals surface area contributed by atoms with Crippen molar-refractivity contribution in [3.8, 4) is 11.3 Å². The first kappa shape index (κ1) is 15.2. The number of carbonyl (C=O) groups excluding carboxylic acids is 1. The van der Waals surface area contributed by atoms with Crippen LogP contribution >= 0.6 is 11.6 Å². The lowest BCUT2D eigenvalue weighted by Gasteiger charge is -2.10. The Balaban J connectivity index is 2.10. The predicted molar refractivity (Wildman–Crippen MR) is 90.5 cm³/mol. The molecule has 0 saturated heterocycles. The van der Waals surface area contributed by atoms with E-state index in [4.69, 9.17) is 11.6 Å². The van der Waals surface area contributed by atoms with Gasteiger partial charge in [-0.1, -0.05) is 17.7 Å². The second-order valence-corrected chi connectivity index (χ2v) is 5.20. The summed E-state index contributed by atoms with van der Waals surface area (Å²) in [7, 11) is 0. The lowest BCUT2D eigenvalue weighted by molar-refractivity contribution is 0.252. The number of carbonyl (C=O) groups is 1. The van der Waals surface area contributed by atoms with E-state index >= 15 is 0 Å². The van der Waals surface area contributed by atoms with Gasteiger partial charge in [0.15, 0.2) is 0 Å². The summed E-state index contributed by atoms with van der Waals surface area (Å²) in [6.45, 7) is 2.39. The number of fused-ring (bicyclic) bond motifs is 1. The van der Waals surface area contributed by atoms with Gasteiger partial charge in [-0.05, 0) is 30.5 Å². The Kier molecular flexibility index (Phi) is 4.34. The molecule has 0 aliphatic carbocycles. The number of benzene rings is 1. The van der Waals surface area contributed by atoms with Crippen molar-refractivity contribution < 1.29 is 4.79 Å². The van der Waals surface area contributed by atoms with E-state index in [1.807, 2.05) is 19.1 Å². The van der Waals surface area contributed by atoms with Crippen LogP contribution in [0.3, 0.4) is 0 Å². The Morgan fingerprint density at radius 2 is 2.09 bits per heavy atom. The molecule has 0 aliphatic rings. The second-order valence-electron chi connectivity index (χ2n) is 4.79. The van der Waals surface area contributed by atoms with Crippen LogP contribution in [0, 0.1) is 0 Å². The fraction of sp³-hybridized carbons (Fsp3) is 0.125. The third-order valence-corrected chi connectivity index (χ3v) is 3.61. The van der Waals surface area contributed by atoms with Crippen LogP contribution in [0.1, 0.15) is 6.92 Å². The number of pyridine rings is 1. The first-order valence-corrected chi connectivity index (χ1v) is 7.46. The fourth-order valence-electron chi connectivity index (χ4n) is 2.27. The summed E-state index contributed by atoms with van der Waals surface area (Å²) in [5.74, 6) is 0.445. The number of nitrogens with one attached hydrogen (secondary N) is 2. The van der Waals surface area contributed by atoms with E-state index in [-0.39, 0.29) is 6.03 Å². The fourth-order valence-corrected chi connectivity index (χ4v) is 2.48. The highest BCUT2D eigenvalue weighted by Crippen LogP contribution is 2.32. The largest absolute Gasteiger partial charge is 0.338 e. The summed E-state index contributed by atoms with van der Waals surface area (Å²) < 4.78 is 0. The number of aromatic nitrogens is 3. The molecule has 1 aromatic carbocycles. The lowest BCUT2D eigenvalue weighted by atomic mass is 10.0. The monoisotopic (exact) mass is 327 g/mol. The average Bonchev–Trinajstić information content (AvgIpc) is 2.56. The Morgan fingerprint density at radius 1 is 1.22 bits per heavy atom. The highest BCUT2D eigenvalue weighted by Gasteiger charge is 2.10. The van der Waals surface area contributed by atoms with Gasteiger partial charge in [-0.15, -0.1) is 0 Å². The van der Waals surface area contributed by atoms with Crippen molar-refractivity contribution >= 4 is 34.2 Å².